The fraction of sp³-hybridized carbons (Fsp3) is 0.533. The van der Waals surface area contributed by atoms with Crippen LogP contribution in [0.3, 0.4) is 0 Å². The summed E-state index contributed by atoms with van der Waals surface area (Å²) < 4.78 is 31.5. The van der Waals surface area contributed by atoms with Crippen molar-refractivity contribution < 1.29 is 18.3 Å². The van der Waals surface area contributed by atoms with E-state index in [1.54, 1.807) is 13.2 Å². The van der Waals surface area contributed by atoms with Gasteiger partial charge >= 0.3 is 0 Å². The third-order valence-corrected chi connectivity index (χ3v) is 3.66. The zero-order chi connectivity index (χ0) is 14.0. The lowest BCUT2D eigenvalue weighted by molar-refractivity contribution is -0.123. The van der Waals surface area contributed by atoms with Gasteiger partial charge in [0, 0.05) is 30.7 Å². The Morgan fingerprint density at radius 1 is 1.47 bits per heavy atom. The number of methoxy groups -OCH3 is 1. The number of carbonyl (C=O) groups excluding carboxylic acids is 1. The number of ketones is 1. The Morgan fingerprint density at radius 2 is 2.21 bits per heavy atom. The molecule has 0 heterocycles. The van der Waals surface area contributed by atoms with Gasteiger partial charge in [0.25, 0.3) is 0 Å². The van der Waals surface area contributed by atoms with E-state index in [-0.39, 0.29) is 25.0 Å². The summed E-state index contributed by atoms with van der Waals surface area (Å²) in [6.45, 7) is 1.93. The summed E-state index contributed by atoms with van der Waals surface area (Å²) in [5.41, 5.74) is 1.81. The Bertz CT molecular complexity index is 483. The molecule has 1 aliphatic carbocycles. The molecule has 2 nitrogen and oxygen atoms in total. The summed E-state index contributed by atoms with van der Waals surface area (Å²) >= 11 is 0. The molecule has 1 unspecified atom stereocenters. The van der Waals surface area contributed by atoms with Crippen LogP contribution in [0.25, 0.3) is 0 Å². The predicted molar refractivity (Wildman–Crippen MR) is 68.7 cm³/mol. The van der Waals surface area contributed by atoms with E-state index in [4.69, 9.17) is 4.74 Å². The third-order valence-electron chi connectivity index (χ3n) is 3.66. The number of rotatable bonds is 4. The molecule has 0 spiro atoms. The molecule has 0 radical (unpaired) electrons. The van der Waals surface area contributed by atoms with Gasteiger partial charge in [-0.1, -0.05) is 17.7 Å². The molecule has 104 valence electrons. The molecule has 2 rings (SSSR count). The molecule has 0 N–H and O–H groups in total. The first-order chi connectivity index (χ1) is 8.91. The van der Waals surface area contributed by atoms with Crippen LogP contribution in [0.5, 0.6) is 5.75 Å². The molecule has 1 aromatic rings. The maximum atomic E-state index is 13.1. The third kappa shape index (κ3) is 3.31. The summed E-state index contributed by atoms with van der Waals surface area (Å²) in [6, 6.07) is 5.58. The van der Waals surface area contributed by atoms with Gasteiger partial charge in [0.2, 0.25) is 5.92 Å². The van der Waals surface area contributed by atoms with E-state index in [0.29, 0.717) is 12.2 Å². The highest BCUT2D eigenvalue weighted by atomic mass is 19.3. The van der Waals surface area contributed by atoms with Gasteiger partial charge < -0.3 is 4.74 Å². The number of benzene rings is 1. The Hall–Kier alpha value is -1.45. The molecule has 1 saturated carbocycles. The summed E-state index contributed by atoms with van der Waals surface area (Å²) in [6.07, 6.45) is -0.0140. The monoisotopic (exact) mass is 268 g/mol. The van der Waals surface area contributed by atoms with Crippen molar-refractivity contribution in [3.8, 4) is 5.75 Å². The first kappa shape index (κ1) is 14.0. The number of aryl methyl sites for hydroxylation is 1. The minimum atomic E-state index is -2.67. The molecule has 1 atom stereocenters. The van der Waals surface area contributed by atoms with Crippen LogP contribution in [-0.2, 0) is 11.2 Å². The van der Waals surface area contributed by atoms with Crippen LogP contribution in [0.1, 0.15) is 30.4 Å². The lowest BCUT2D eigenvalue weighted by Crippen LogP contribution is -2.17. The first-order valence-corrected chi connectivity index (χ1v) is 6.45. The SMILES string of the molecule is COc1ccc(C)cc1CC(=O)C1CCC(F)(F)C1. The fourth-order valence-corrected chi connectivity index (χ4v) is 2.60. The first-order valence-electron chi connectivity index (χ1n) is 6.45. The molecule has 0 aromatic heterocycles. The van der Waals surface area contributed by atoms with Crippen molar-refractivity contribution >= 4 is 5.78 Å². The van der Waals surface area contributed by atoms with Crippen molar-refractivity contribution in [3.05, 3.63) is 29.3 Å². The minimum Gasteiger partial charge on any atom is -0.496 e. The van der Waals surface area contributed by atoms with Gasteiger partial charge in [0.15, 0.2) is 0 Å². The molecule has 0 amide bonds. The lowest BCUT2D eigenvalue weighted by atomic mass is 9.95. The van der Waals surface area contributed by atoms with Crippen LogP contribution in [0.2, 0.25) is 0 Å². The molecule has 0 bridgehead atoms. The molecule has 19 heavy (non-hydrogen) atoms. The summed E-state index contributed by atoms with van der Waals surface area (Å²) in [4.78, 5) is 12.1. The number of hydrogen-bond acceptors (Lipinski definition) is 2. The maximum Gasteiger partial charge on any atom is 0.248 e. The van der Waals surface area contributed by atoms with Crippen LogP contribution >= 0.6 is 0 Å². The zero-order valence-electron chi connectivity index (χ0n) is 11.2. The molecule has 1 aliphatic rings. The Kier molecular flexibility index (Phi) is 3.88. The van der Waals surface area contributed by atoms with Gasteiger partial charge in [0.1, 0.15) is 11.5 Å². The van der Waals surface area contributed by atoms with Crippen molar-refractivity contribution in [2.75, 3.05) is 7.11 Å². The van der Waals surface area contributed by atoms with Crippen LogP contribution in [-0.4, -0.2) is 18.8 Å². The van der Waals surface area contributed by atoms with Gasteiger partial charge in [-0.25, -0.2) is 8.78 Å². The standard InChI is InChI=1S/C15H18F2O2/c1-10-3-4-14(19-2)12(7-10)8-13(18)11-5-6-15(16,17)9-11/h3-4,7,11H,5-6,8-9H2,1-2H3. The van der Waals surface area contributed by atoms with Crippen LogP contribution < -0.4 is 4.74 Å². The van der Waals surface area contributed by atoms with E-state index < -0.39 is 11.8 Å². The van der Waals surface area contributed by atoms with Crippen LogP contribution in [0.4, 0.5) is 8.78 Å². The second-order valence-electron chi connectivity index (χ2n) is 5.25. The summed E-state index contributed by atoms with van der Waals surface area (Å²) in [5, 5.41) is 0. The lowest BCUT2D eigenvalue weighted by Gasteiger charge is -2.12. The second kappa shape index (κ2) is 5.27. The van der Waals surface area contributed by atoms with Gasteiger partial charge in [-0.15, -0.1) is 0 Å². The Balaban J connectivity index is 2.09. The minimum absolute atomic E-state index is 0.110. The average Bonchev–Trinajstić information content (AvgIpc) is 2.70. The Labute approximate surface area is 111 Å². The topological polar surface area (TPSA) is 26.3 Å². The molecule has 0 aliphatic heterocycles. The number of halogens is 2. The van der Waals surface area contributed by atoms with Crippen molar-refractivity contribution in [1.82, 2.24) is 0 Å². The quantitative estimate of drug-likeness (QED) is 0.834. The van der Waals surface area contributed by atoms with Gasteiger partial charge in [-0.2, -0.15) is 0 Å². The predicted octanol–water partition coefficient (Wildman–Crippen LogP) is 3.55. The fourth-order valence-electron chi connectivity index (χ4n) is 2.60. The van der Waals surface area contributed by atoms with Gasteiger partial charge in [0.05, 0.1) is 7.11 Å². The van der Waals surface area contributed by atoms with Crippen LogP contribution in [0.15, 0.2) is 18.2 Å². The highest BCUT2D eigenvalue weighted by molar-refractivity contribution is 5.84. The number of Topliss-reactive ketones (excluding diaryl/α,β-unsaturated/α-hetero) is 1. The molecule has 1 fully saturated rings. The van der Waals surface area contributed by atoms with Crippen molar-refractivity contribution in [1.29, 1.82) is 0 Å². The van der Waals surface area contributed by atoms with Crippen LogP contribution in [0, 0.1) is 12.8 Å². The molecule has 1 aromatic carbocycles. The molecule has 4 heteroatoms. The number of alkyl halides is 2. The normalized spacial score (nSPS) is 21.4. The summed E-state index contributed by atoms with van der Waals surface area (Å²) in [5.74, 6) is -2.65. The van der Waals surface area contributed by atoms with E-state index >= 15 is 0 Å². The van der Waals surface area contributed by atoms with Crippen molar-refractivity contribution in [3.63, 3.8) is 0 Å². The highest BCUT2D eigenvalue weighted by Crippen LogP contribution is 2.39. The molecule has 0 saturated heterocycles. The largest absolute Gasteiger partial charge is 0.496 e. The summed E-state index contributed by atoms with van der Waals surface area (Å²) in [7, 11) is 1.54. The van der Waals surface area contributed by atoms with E-state index in [1.165, 1.54) is 0 Å². The number of ether oxygens (including phenoxy) is 1. The zero-order valence-corrected chi connectivity index (χ0v) is 11.2. The Morgan fingerprint density at radius 3 is 2.79 bits per heavy atom. The van der Waals surface area contributed by atoms with E-state index in [2.05, 4.69) is 0 Å². The highest BCUT2D eigenvalue weighted by Gasteiger charge is 2.42. The van der Waals surface area contributed by atoms with E-state index in [1.807, 2.05) is 19.1 Å². The number of hydrogen-bond donors (Lipinski definition) is 0. The smallest absolute Gasteiger partial charge is 0.248 e. The van der Waals surface area contributed by atoms with Gasteiger partial charge in [-0.3, -0.25) is 4.79 Å². The van der Waals surface area contributed by atoms with Crippen molar-refractivity contribution in [2.45, 2.75) is 38.5 Å². The number of carbonyl (C=O) groups is 1. The van der Waals surface area contributed by atoms with E-state index in [9.17, 15) is 13.6 Å². The van der Waals surface area contributed by atoms with Gasteiger partial charge in [-0.05, 0) is 19.4 Å². The maximum absolute atomic E-state index is 13.1. The second-order valence-corrected chi connectivity index (χ2v) is 5.25. The van der Waals surface area contributed by atoms with Crippen molar-refractivity contribution in [2.24, 2.45) is 5.92 Å². The molecular weight excluding hydrogens is 250 g/mol. The van der Waals surface area contributed by atoms with E-state index in [0.717, 1.165) is 11.1 Å². The molecular formula is C15H18F2O2. The average molecular weight is 268 g/mol.